The molecule has 1 aromatic carbocycles. The summed E-state index contributed by atoms with van der Waals surface area (Å²) in [6, 6.07) is 4.31. The molecule has 0 radical (unpaired) electrons. The first kappa shape index (κ1) is 23.0. The van der Waals surface area contributed by atoms with Crippen molar-refractivity contribution in [3.8, 4) is 5.69 Å². The minimum absolute atomic E-state index is 0.0799. The van der Waals surface area contributed by atoms with Gasteiger partial charge in [0.05, 0.1) is 35.2 Å². The van der Waals surface area contributed by atoms with E-state index in [4.69, 9.17) is 4.74 Å². The molecule has 0 aliphatic carbocycles. The minimum atomic E-state index is -1.30. The second-order valence-corrected chi connectivity index (χ2v) is 8.73. The minimum Gasteiger partial charge on any atom is -0.457 e. The lowest BCUT2D eigenvalue weighted by Gasteiger charge is -2.36. The highest BCUT2D eigenvalue weighted by atomic mass is 19.1. The van der Waals surface area contributed by atoms with Gasteiger partial charge < -0.3 is 15.2 Å². The van der Waals surface area contributed by atoms with Gasteiger partial charge in [-0.05, 0) is 47.0 Å². The van der Waals surface area contributed by atoms with E-state index in [1.807, 2.05) is 11.8 Å². The molecule has 1 fully saturated rings. The number of ether oxygens (including phenoxy) is 1. The number of aromatic nitrogens is 5. The Morgan fingerprint density at radius 3 is 3.00 bits per heavy atom. The summed E-state index contributed by atoms with van der Waals surface area (Å²) in [4.78, 5) is 30.3. The number of hydrogen-bond donors (Lipinski definition) is 2. The molecule has 2 aliphatic heterocycles. The molecule has 4 heterocycles. The SMILES string of the molecule is Cc1c([C@@H](O)CN2CC[C@@H](NC(=O)c3cncc(-n4cnnn4)c3)[C@@H](F)C2)ccc2c1COC2=O. The summed E-state index contributed by atoms with van der Waals surface area (Å²) in [7, 11) is 0. The topological polar surface area (TPSA) is 135 Å². The first-order valence-corrected chi connectivity index (χ1v) is 11.2. The summed E-state index contributed by atoms with van der Waals surface area (Å²) in [5.74, 6) is -0.787. The smallest absolute Gasteiger partial charge is 0.338 e. The third-order valence-electron chi connectivity index (χ3n) is 6.54. The molecular weight excluding hydrogens is 457 g/mol. The van der Waals surface area contributed by atoms with Gasteiger partial charge in [0, 0.05) is 31.4 Å². The molecule has 2 aromatic heterocycles. The number of β-amino-alcohol motifs (C(OH)–C–C–N with tert-alkyl or cyclic N) is 1. The fourth-order valence-corrected chi connectivity index (χ4v) is 4.58. The summed E-state index contributed by atoms with van der Waals surface area (Å²) in [5, 5.41) is 24.5. The first-order valence-electron chi connectivity index (χ1n) is 11.2. The molecule has 0 spiro atoms. The van der Waals surface area contributed by atoms with E-state index in [0.717, 1.165) is 11.1 Å². The highest BCUT2D eigenvalue weighted by Gasteiger charge is 2.32. The molecule has 182 valence electrons. The summed E-state index contributed by atoms with van der Waals surface area (Å²) in [6.07, 6.45) is 2.56. The third-order valence-corrected chi connectivity index (χ3v) is 6.54. The number of rotatable bonds is 6. The fraction of sp³-hybridized carbons (Fsp3) is 0.391. The number of likely N-dealkylation sites (tertiary alicyclic amines) is 1. The van der Waals surface area contributed by atoms with Crippen molar-refractivity contribution < 1.29 is 23.8 Å². The molecule has 35 heavy (non-hydrogen) atoms. The van der Waals surface area contributed by atoms with Crippen LogP contribution in [0.1, 0.15) is 49.9 Å². The van der Waals surface area contributed by atoms with Crippen molar-refractivity contribution in [3.63, 3.8) is 0 Å². The number of pyridine rings is 1. The predicted octanol–water partition coefficient (Wildman–Crippen LogP) is 0.912. The van der Waals surface area contributed by atoms with Crippen LogP contribution in [0.3, 0.4) is 0 Å². The van der Waals surface area contributed by atoms with Crippen LogP contribution in [0.15, 0.2) is 36.9 Å². The van der Waals surface area contributed by atoms with E-state index >= 15 is 0 Å². The van der Waals surface area contributed by atoms with Crippen molar-refractivity contribution >= 4 is 11.9 Å². The molecule has 5 rings (SSSR count). The summed E-state index contributed by atoms with van der Waals surface area (Å²) in [5.41, 5.74) is 3.62. The van der Waals surface area contributed by atoms with Crippen LogP contribution in [0.2, 0.25) is 0 Å². The van der Waals surface area contributed by atoms with Gasteiger partial charge in [-0.3, -0.25) is 14.7 Å². The predicted molar refractivity (Wildman–Crippen MR) is 119 cm³/mol. The molecular formula is C23H24FN7O4. The van der Waals surface area contributed by atoms with Crippen LogP contribution < -0.4 is 5.32 Å². The maximum absolute atomic E-state index is 15.0. The summed E-state index contributed by atoms with van der Waals surface area (Å²) < 4.78 is 21.4. The van der Waals surface area contributed by atoms with Gasteiger partial charge in [-0.15, -0.1) is 5.10 Å². The average Bonchev–Trinajstić information content (AvgIpc) is 3.52. The van der Waals surface area contributed by atoms with Gasteiger partial charge in [0.15, 0.2) is 0 Å². The van der Waals surface area contributed by atoms with Crippen LogP contribution >= 0.6 is 0 Å². The van der Waals surface area contributed by atoms with Gasteiger partial charge in [0.1, 0.15) is 19.1 Å². The monoisotopic (exact) mass is 481 g/mol. The van der Waals surface area contributed by atoms with Crippen LogP contribution in [0.25, 0.3) is 5.69 Å². The van der Waals surface area contributed by atoms with E-state index in [0.29, 0.717) is 29.8 Å². The Morgan fingerprint density at radius 1 is 1.37 bits per heavy atom. The molecule has 3 atom stereocenters. The Kier molecular flexibility index (Phi) is 6.22. The number of aliphatic hydroxyl groups is 1. The van der Waals surface area contributed by atoms with Crippen molar-refractivity contribution in [1.82, 2.24) is 35.4 Å². The van der Waals surface area contributed by atoms with E-state index in [9.17, 15) is 19.1 Å². The highest BCUT2D eigenvalue weighted by molar-refractivity contribution is 5.94. The number of esters is 1. The molecule has 12 heteroatoms. The number of benzene rings is 1. The highest BCUT2D eigenvalue weighted by Crippen LogP contribution is 2.30. The molecule has 1 saturated heterocycles. The average molecular weight is 481 g/mol. The van der Waals surface area contributed by atoms with Crippen molar-refractivity contribution in [2.75, 3.05) is 19.6 Å². The Balaban J connectivity index is 1.18. The van der Waals surface area contributed by atoms with Crippen molar-refractivity contribution in [2.24, 2.45) is 0 Å². The van der Waals surface area contributed by atoms with Crippen LogP contribution in [0.5, 0.6) is 0 Å². The number of carbonyl (C=O) groups is 2. The number of tetrazole rings is 1. The van der Waals surface area contributed by atoms with E-state index in [-0.39, 0.29) is 31.2 Å². The van der Waals surface area contributed by atoms with Gasteiger partial charge in [0.25, 0.3) is 5.91 Å². The van der Waals surface area contributed by atoms with Crippen LogP contribution in [0, 0.1) is 6.92 Å². The number of halogens is 1. The lowest BCUT2D eigenvalue weighted by Crippen LogP contribution is -2.53. The van der Waals surface area contributed by atoms with Crippen LogP contribution in [-0.4, -0.2) is 78.9 Å². The second kappa shape index (κ2) is 9.47. The Morgan fingerprint density at radius 2 is 2.23 bits per heavy atom. The number of hydrogen-bond acceptors (Lipinski definition) is 9. The largest absolute Gasteiger partial charge is 0.457 e. The maximum Gasteiger partial charge on any atom is 0.338 e. The molecule has 11 nitrogen and oxygen atoms in total. The number of alkyl halides is 1. The molecule has 0 saturated carbocycles. The van der Waals surface area contributed by atoms with Crippen molar-refractivity contribution in [3.05, 3.63) is 64.7 Å². The lowest BCUT2D eigenvalue weighted by molar-refractivity contribution is 0.0527. The maximum atomic E-state index is 15.0. The number of aliphatic hydroxyl groups excluding tert-OH is 1. The zero-order valence-corrected chi connectivity index (χ0v) is 19.0. The number of fused-ring (bicyclic) bond motifs is 1. The second-order valence-electron chi connectivity index (χ2n) is 8.73. The first-order chi connectivity index (χ1) is 16.9. The standard InChI is InChI=1S/C23H24FN7O4/c1-13-16(2-3-17-18(13)11-35-23(17)34)21(32)10-30-5-4-20(19(24)9-30)27-22(33)14-6-15(8-25-7-14)31-12-26-28-29-31/h2-3,6-8,12,19-21,32H,4-5,9-11H2,1H3,(H,27,33)/t19-,20+,21-/m0/s1. The Hall–Kier alpha value is -3.77. The number of amides is 1. The van der Waals surface area contributed by atoms with Crippen LogP contribution in [0.4, 0.5) is 4.39 Å². The van der Waals surface area contributed by atoms with Crippen molar-refractivity contribution in [2.45, 2.75) is 38.3 Å². The molecule has 0 unspecified atom stereocenters. The zero-order chi connectivity index (χ0) is 24.5. The van der Waals surface area contributed by atoms with Gasteiger partial charge in [-0.25, -0.2) is 9.18 Å². The Labute approximate surface area is 199 Å². The lowest BCUT2D eigenvalue weighted by atomic mass is 9.94. The molecule has 3 aromatic rings. The third kappa shape index (κ3) is 4.62. The number of piperidine rings is 1. The molecule has 1 amide bonds. The van der Waals surface area contributed by atoms with Crippen molar-refractivity contribution in [1.29, 1.82) is 0 Å². The van der Waals surface area contributed by atoms with E-state index in [1.54, 1.807) is 18.2 Å². The molecule has 2 aliphatic rings. The Bertz CT molecular complexity index is 1250. The van der Waals surface area contributed by atoms with E-state index < -0.39 is 24.2 Å². The van der Waals surface area contributed by atoms with Gasteiger partial charge in [-0.2, -0.15) is 4.68 Å². The molecule has 0 bridgehead atoms. The van der Waals surface area contributed by atoms with E-state index in [1.165, 1.54) is 23.4 Å². The van der Waals surface area contributed by atoms with Gasteiger partial charge in [-0.1, -0.05) is 6.07 Å². The fourth-order valence-electron chi connectivity index (χ4n) is 4.58. The number of cyclic esters (lactones) is 1. The van der Waals surface area contributed by atoms with Crippen LogP contribution in [-0.2, 0) is 11.3 Å². The number of nitrogens with one attached hydrogen (secondary N) is 1. The van der Waals surface area contributed by atoms with E-state index in [2.05, 4.69) is 25.8 Å². The quantitative estimate of drug-likeness (QED) is 0.493. The zero-order valence-electron chi connectivity index (χ0n) is 19.0. The van der Waals surface area contributed by atoms with Gasteiger partial charge >= 0.3 is 5.97 Å². The number of carbonyl (C=O) groups excluding carboxylic acids is 2. The summed E-state index contributed by atoms with van der Waals surface area (Å²) in [6.45, 7) is 2.88. The molecule has 2 N–H and O–H groups in total. The summed E-state index contributed by atoms with van der Waals surface area (Å²) >= 11 is 0. The normalized spacial score (nSPS) is 20.8. The number of nitrogens with zero attached hydrogens (tertiary/aromatic N) is 6. The van der Waals surface area contributed by atoms with Gasteiger partial charge in [0.2, 0.25) is 0 Å².